The number of hydrogen-bond donors (Lipinski definition) is 1. The molecule has 3 rings (SSSR count). The van der Waals surface area contributed by atoms with E-state index in [9.17, 15) is 4.79 Å². The highest BCUT2D eigenvalue weighted by Crippen LogP contribution is 2.28. The van der Waals surface area contributed by atoms with Gasteiger partial charge in [0.1, 0.15) is 4.99 Å². The van der Waals surface area contributed by atoms with E-state index in [4.69, 9.17) is 12.2 Å². The molecule has 0 fully saturated rings. The van der Waals surface area contributed by atoms with Gasteiger partial charge in [-0.3, -0.25) is 4.79 Å². The number of hydrogen-bond acceptors (Lipinski definition) is 4. The van der Waals surface area contributed by atoms with Gasteiger partial charge in [-0.05, 0) is 29.8 Å². The predicted molar refractivity (Wildman–Crippen MR) is 87.7 cm³/mol. The molecule has 0 radical (unpaired) electrons. The van der Waals surface area contributed by atoms with Crippen molar-refractivity contribution in [3.05, 3.63) is 64.1 Å². The minimum Gasteiger partial charge on any atom is -0.314 e. The first kappa shape index (κ1) is 14.0. The highest BCUT2D eigenvalue weighted by Gasteiger charge is 2.30. The topological polar surface area (TPSA) is 53.8 Å². The minimum absolute atomic E-state index is 0.250. The second-order valence-corrected chi connectivity index (χ2v) is 5.82. The lowest BCUT2D eigenvalue weighted by Crippen LogP contribution is -2.39. The Balaban J connectivity index is 1.94. The zero-order chi connectivity index (χ0) is 14.8. The van der Waals surface area contributed by atoms with Crippen LogP contribution in [0.15, 0.2) is 63.2 Å². The molecule has 0 saturated carbocycles. The van der Waals surface area contributed by atoms with Gasteiger partial charge in [-0.15, -0.1) is 0 Å². The smallest absolute Gasteiger partial charge is 0.256 e. The maximum Gasteiger partial charge on any atom is 0.256 e. The molecule has 1 amide bonds. The fourth-order valence-electron chi connectivity index (χ4n) is 2.08. The van der Waals surface area contributed by atoms with E-state index >= 15 is 0 Å². The number of halogens is 1. The van der Waals surface area contributed by atoms with Crippen LogP contribution in [0.25, 0.3) is 0 Å². The van der Waals surface area contributed by atoms with Crippen molar-refractivity contribution in [2.24, 2.45) is 10.2 Å². The zero-order valence-corrected chi connectivity index (χ0v) is 13.2. The van der Waals surface area contributed by atoms with Gasteiger partial charge in [-0.2, -0.15) is 10.2 Å². The molecule has 0 saturated heterocycles. The van der Waals surface area contributed by atoms with Crippen LogP contribution in [0, 0.1) is 0 Å². The van der Waals surface area contributed by atoms with Crippen molar-refractivity contribution < 1.29 is 4.79 Å². The lowest BCUT2D eigenvalue weighted by Gasteiger charge is -2.22. The van der Waals surface area contributed by atoms with Gasteiger partial charge in [0.2, 0.25) is 0 Å². The average molecular weight is 360 g/mol. The van der Waals surface area contributed by atoms with E-state index in [0.29, 0.717) is 10.7 Å². The molecule has 1 heterocycles. The van der Waals surface area contributed by atoms with Crippen LogP contribution in [0.1, 0.15) is 17.2 Å². The largest absolute Gasteiger partial charge is 0.314 e. The highest BCUT2D eigenvalue weighted by atomic mass is 79.9. The Morgan fingerprint density at radius 2 is 1.81 bits per heavy atom. The summed E-state index contributed by atoms with van der Waals surface area (Å²) in [5.74, 6) is -0.250. The van der Waals surface area contributed by atoms with Gasteiger partial charge in [0.05, 0.1) is 5.69 Å². The van der Waals surface area contributed by atoms with Crippen LogP contribution in [0.5, 0.6) is 0 Å². The van der Waals surface area contributed by atoms with Crippen LogP contribution < -0.4 is 5.32 Å². The van der Waals surface area contributed by atoms with Crippen LogP contribution in [0.2, 0.25) is 0 Å². The van der Waals surface area contributed by atoms with Crippen LogP contribution in [0.3, 0.4) is 0 Å². The van der Waals surface area contributed by atoms with Crippen molar-refractivity contribution in [3.63, 3.8) is 0 Å². The van der Waals surface area contributed by atoms with Gasteiger partial charge in [0.25, 0.3) is 5.91 Å². The number of nitrogens with one attached hydrogen (secondary N) is 1. The lowest BCUT2D eigenvalue weighted by atomic mass is 9.97. The molecule has 104 valence electrons. The van der Waals surface area contributed by atoms with Crippen molar-refractivity contribution in [1.29, 1.82) is 0 Å². The first-order chi connectivity index (χ1) is 10.1. The van der Waals surface area contributed by atoms with E-state index < -0.39 is 6.04 Å². The van der Waals surface area contributed by atoms with Crippen molar-refractivity contribution in [1.82, 2.24) is 5.32 Å². The second kappa shape index (κ2) is 5.83. The van der Waals surface area contributed by atoms with Gasteiger partial charge >= 0.3 is 0 Å². The summed E-state index contributed by atoms with van der Waals surface area (Å²) in [6.45, 7) is 0. The Morgan fingerprint density at radius 1 is 1.10 bits per heavy atom. The maximum atomic E-state index is 12.1. The van der Waals surface area contributed by atoms with E-state index in [1.54, 1.807) is 0 Å². The van der Waals surface area contributed by atoms with Crippen molar-refractivity contribution in [3.8, 4) is 0 Å². The third kappa shape index (κ3) is 2.91. The highest BCUT2D eigenvalue weighted by molar-refractivity contribution is 9.10. The Kier molecular flexibility index (Phi) is 3.90. The van der Waals surface area contributed by atoms with E-state index in [2.05, 4.69) is 31.5 Å². The van der Waals surface area contributed by atoms with Crippen LogP contribution in [0.4, 0.5) is 5.69 Å². The van der Waals surface area contributed by atoms with Gasteiger partial charge < -0.3 is 5.32 Å². The summed E-state index contributed by atoms with van der Waals surface area (Å²) in [5.41, 5.74) is 2.30. The molecular formula is C15H10BrN3OS. The van der Waals surface area contributed by atoms with E-state index in [-0.39, 0.29) is 5.91 Å². The number of carbonyl (C=O) groups excluding carboxylic acids is 1. The maximum absolute atomic E-state index is 12.1. The Hall–Kier alpha value is -1.92. The van der Waals surface area contributed by atoms with E-state index in [1.165, 1.54) is 0 Å². The average Bonchev–Trinajstić information content (AvgIpc) is 2.49. The summed E-state index contributed by atoms with van der Waals surface area (Å²) in [6, 6.07) is 14.2. The van der Waals surface area contributed by atoms with Crippen LogP contribution in [-0.4, -0.2) is 10.9 Å². The number of rotatable bonds is 2. The quantitative estimate of drug-likeness (QED) is 0.648. The Morgan fingerprint density at radius 3 is 2.57 bits per heavy atom. The molecule has 0 spiro atoms. The van der Waals surface area contributed by atoms with Gasteiger partial charge in [0, 0.05) is 10.0 Å². The standard InChI is InChI=1S/C15H10BrN3OS/c16-9-5-7-10(8-6-9)18-19-13-11-3-1-2-4-12(11)15(21)17-14(13)20/h1-8,13H,(H,17,20,21). The number of nitrogens with zero attached hydrogens (tertiary/aromatic N) is 2. The molecule has 1 unspecified atom stereocenters. The summed E-state index contributed by atoms with van der Waals surface area (Å²) >= 11 is 8.53. The number of carbonyl (C=O) groups is 1. The fraction of sp³-hybridized carbons (Fsp3) is 0.0667. The normalized spacial score (nSPS) is 17.7. The molecule has 1 aliphatic rings. The van der Waals surface area contributed by atoms with Crippen molar-refractivity contribution >= 4 is 44.7 Å². The first-order valence-corrected chi connectivity index (χ1v) is 7.46. The molecule has 0 aliphatic carbocycles. The molecule has 1 atom stereocenters. The lowest BCUT2D eigenvalue weighted by molar-refractivity contribution is -0.121. The molecule has 2 aromatic carbocycles. The number of azo groups is 1. The van der Waals surface area contributed by atoms with Gasteiger partial charge in [-0.25, -0.2) is 0 Å². The molecule has 1 N–H and O–H groups in total. The third-order valence-electron chi connectivity index (χ3n) is 3.10. The zero-order valence-electron chi connectivity index (χ0n) is 10.8. The monoisotopic (exact) mass is 359 g/mol. The minimum atomic E-state index is -0.670. The molecule has 0 bridgehead atoms. The first-order valence-electron chi connectivity index (χ1n) is 6.26. The Labute approximate surface area is 135 Å². The van der Waals surface area contributed by atoms with Crippen molar-refractivity contribution in [2.75, 3.05) is 0 Å². The molecule has 1 aliphatic heterocycles. The SMILES string of the molecule is O=C1NC(=S)c2ccccc2C1N=Nc1ccc(Br)cc1. The van der Waals surface area contributed by atoms with Gasteiger partial charge in [-0.1, -0.05) is 52.4 Å². The van der Waals surface area contributed by atoms with Crippen LogP contribution in [-0.2, 0) is 4.79 Å². The molecule has 21 heavy (non-hydrogen) atoms. The third-order valence-corrected chi connectivity index (χ3v) is 3.95. The number of fused-ring (bicyclic) bond motifs is 1. The number of amides is 1. The molecule has 6 heteroatoms. The summed E-state index contributed by atoms with van der Waals surface area (Å²) in [6.07, 6.45) is 0. The van der Waals surface area contributed by atoms with E-state index in [0.717, 1.165) is 15.6 Å². The second-order valence-electron chi connectivity index (χ2n) is 4.50. The van der Waals surface area contributed by atoms with Crippen LogP contribution >= 0.6 is 28.1 Å². The molecule has 0 aromatic heterocycles. The molecule has 4 nitrogen and oxygen atoms in total. The van der Waals surface area contributed by atoms with Gasteiger partial charge in [0.15, 0.2) is 6.04 Å². The van der Waals surface area contributed by atoms with Crippen molar-refractivity contribution in [2.45, 2.75) is 6.04 Å². The summed E-state index contributed by atoms with van der Waals surface area (Å²) in [5, 5.41) is 11.0. The summed E-state index contributed by atoms with van der Waals surface area (Å²) in [4.78, 5) is 12.5. The van der Waals surface area contributed by atoms with E-state index in [1.807, 2.05) is 48.5 Å². The fourth-order valence-corrected chi connectivity index (χ4v) is 2.63. The number of thiocarbonyl (C=S) groups is 1. The predicted octanol–water partition coefficient (Wildman–Crippen LogP) is 4.08. The summed E-state index contributed by atoms with van der Waals surface area (Å²) in [7, 11) is 0. The number of benzene rings is 2. The molecule has 2 aromatic rings. The Bertz CT molecular complexity index is 743. The molecular weight excluding hydrogens is 350 g/mol. The summed E-state index contributed by atoms with van der Waals surface area (Å²) < 4.78 is 0.965.